The number of aromatic nitrogens is 5. The molecule has 0 spiro atoms. The Kier molecular flexibility index (Phi) is 4.80. The van der Waals surface area contributed by atoms with Crippen molar-refractivity contribution in [3.8, 4) is 11.3 Å². The summed E-state index contributed by atoms with van der Waals surface area (Å²) < 4.78 is 22.4. The maximum absolute atomic E-state index is 14.7. The van der Waals surface area contributed by atoms with E-state index in [1.54, 1.807) is 29.2 Å². The van der Waals surface area contributed by atoms with E-state index in [1.165, 1.54) is 6.07 Å². The molecule has 3 aromatic heterocycles. The number of hydrogen-bond donors (Lipinski definition) is 0. The van der Waals surface area contributed by atoms with Gasteiger partial charge in [-0.15, -0.1) is 0 Å². The summed E-state index contributed by atoms with van der Waals surface area (Å²) in [5, 5.41) is 4.56. The van der Waals surface area contributed by atoms with Crippen LogP contribution in [-0.4, -0.2) is 44.4 Å². The zero-order valence-electron chi connectivity index (χ0n) is 16.2. The number of pyridine rings is 1. The van der Waals surface area contributed by atoms with E-state index in [0.717, 1.165) is 5.56 Å². The number of anilines is 1. The quantitative estimate of drug-likeness (QED) is 0.498. The highest BCUT2D eigenvalue weighted by atomic mass is 35.5. The van der Waals surface area contributed by atoms with Gasteiger partial charge in [-0.3, -0.25) is 14.6 Å². The van der Waals surface area contributed by atoms with Gasteiger partial charge in [0.15, 0.2) is 0 Å². The normalized spacial score (nSPS) is 16.9. The van der Waals surface area contributed by atoms with Crippen molar-refractivity contribution in [3.63, 3.8) is 0 Å². The van der Waals surface area contributed by atoms with Crippen LogP contribution in [0.5, 0.6) is 0 Å². The van der Waals surface area contributed by atoms with Crippen LogP contribution in [-0.2, 0) is 11.8 Å². The highest BCUT2D eigenvalue weighted by molar-refractivity contribution is 6.30. The molecule has 5 rings (SSSR count). The van der Waals surface area contributed by atoms with Crippen molar-refractivity contribution in [2.24, 2.45) is 7.05 Å². The Balaban J connectivity index is 1.58. The highest BCUT2D eigenvalue weighted by Gasteiger charge is 2.25. The molecule has 152 valence electrons. The first-order chi connectivity index (χ1) is 14.6. The van der Waals surface area contributed by atoms with Crippen LogP contribution in [0.25, 0.3) is 22.3 Å². The van der Waals surface area contributed by atoms with E-state index in [-0.39, 0.29) is 6.10 Å². The van der Waals surface area contributed by atoms with E-state index in [0.29, 0.717) is 52.8 Å². The van der Waals surface area contributed by atoms with Crippen molar-refractivity contribution >= 4 is 28.5 Å². The first-order valence-corrected chi connectivity index (χ1v) is 9.88. The summed E-state index contributed by atoms with van der Waals surface area (Å²) >= 11 is 5.93. The van der Waals surface area contributed by atoms with Gasteiger partial charge in [0.2, 0.25) is 0 Å². The number of ether oxygens (including phenoxy) is 1. The predicted molar refractivity (Wildman–Crippen MR) is 112 cm³/mol. The van der Waals surface area contributed by atoms with Crippen molar-refractivity contribution in [1.82, 2.24) is 24.7 Å². The van der Waals surface area contributed by atoms with Gasteiger partial charge >= 0.3 is 0 Å². The number of nitrogens with zero attached hydrogens (tertiary/aromatic N) is 6. The number of morpholine rings is 1. The van der Waals surface area contributed by atoms with E-state index < -0.39 is 5.82 Å². The Morgan fingerprint density at radius 1 is 1.20 bits per heavy atom. The van der Waals surface area contributed by atoms with Crippen molar-refractivity contribution < 1.29 is 9.13 Å². The third-order valence-electron chi connectivity index (χ3n) is 5.12. The standard InChI is InChI=1S/C21H18ClFN6O/c1-28-11-13(10-26-28)18-12-29(6-7-30-18)19-9-17-21(25-5-4-24-17)20(27-19)15-3-2-14(22)8-16(15)23/h2-5,8-11,18H,6-7,12H2,1H3/t18-/m1/s1. The molecule has 1 saturated heterocycles. The molecule has 0 amide bonds. The van der Waals surface area contributed by atoms with Crippen LogP contribution in [0, 0.1) is 5.82 Å². The number of hydrogen-bond acceptors (Lipinski definition) is 6. The van der Waals surface area contributed by atoms with E-state index >= 15 is 0 Å². The number of fused-ring (bicyclic) bond motifs is 1. The minimum Gasteiger partial charge on any atom is -0.370 e. The lowest BCUT2D eigenvalue weighted by Crippen LogP contribution is -2.38. The molecule has 7 nitrogen and oxygen atoms in total. The lowest BCUT2D eigenvalue weighted by molar-refractivity contribution is 0.0395. The molecule has 0 aliphatic carbocycles. The van der Waals surface area contributed by atoms with Gasteiger partial charge in [0, 0.05) is 60.9 Å². The highest BCUT2D eigenvalue weighted by Crippen LogP contribution is 2.32. The Hall–Kier alpha value is -3.10. The summed E-state index contributed by atoms with van der Waals surface area (Å²) in [5.41, 5.74) is 2.97. The molecule has 9 heteroatoms. The second kappa shape index (κ2) is 7.62. The summed E-state index contributed by atoms with van der Waals surface area (Å²) in [6, 6.07) is 6.42. The van der Waals surface area contributed by atoms with Gasteiger partial charge in [-0.1, -0.05) is 11.6 Å². The SMILES string of the molecule is Cn1cc([C@H]2CN(c3cc4nccnc4c(-c4ccc(Cl)cc4F)n3)CCO2)cn1. The Labute approximate surface area is 177 Å². The largest absolute Gasteiger partial charge is 0.370 e. The molecule has 1 aliphatic heterocycles. The smallest absolute Gasteiger partial charge is 0.134 e. The first-order valence-electron chi connectivity index (χ1n) is 9.51. The summed E-state index contributed by atoms with van der Waals surface area (Å²) in [5.74, 6) is 0.249. The Morgan fingerprint density at radius 3 is 2.87 bits per heavy atom. The number of benzene rings is 1. The number of aryl methyl sites for hydroxylation is 1. The van der Waals surface area contributed by atoms with Gasteiger partial charge in [0.25, 0.3) is 0 Å². The minimum atomic E-state index is -0.450. The van der Waals surface area contributed by atoms with E-state index in [2.05, 4.69) is 20.0 Å². The average Bonchev–Trinajstić information content (AvgIpc) is 3.20. The van der Waals surface area contributed by atoms with Crippen molar-refractivity contribution in [1.29, 1.82) is 0 Å². The summed E-state index contributed by atoms with van der Waals surface area (Å²) in [6.07, 6.45) is 6.83. The van der Waals surface area contributed by atoms with Crippen LogP contribution in [0.4, 0.5) is 10.2 Å². The topological polar surface area (TPSA) is 69.0 Å². The Morgan fingerprint density at radius 2 is 2.07 bits per heavy atom. The van der Waals surface area contributed by atoms with Crippen LogP contribution in [0.2, 0.25) is 5.02 Å². The second-order valence-corrected chi connectivity index (χ2v) is 7.57. The summed E-state index contributed by atoms with van der Waals surface area (Å²) in [7, 11) is 1.88. The molecule has 0 bridgehead atoms. The van der Waals surface area contributed by atoms with Gasteiger partial charge in [-0.05, 0) is 18.2 Å². The third-order valence-corrected chi connectivity index (χ3v) is 5.35. The molecule has 1 fully saturated rings. The second-order valence-electron chi connectivity index (χ2n) is 7.13. The maximum Gasteiger partial charge on any atom is 0.134 e. The molecular weight excluding hydrogens is 407 g/mol. The monoisotopic (exact) mass is 424 g/mol. The molecule has 1 aliphatic rings. The van der Waals surface area contributed by atoms with Gasteiger partial charge in [0.05, 0.1) is 18.3 Å². The summed E-state index contributed by atoms with van der Waals surface area (Å²) in [6.45, 7) is 1.81. The third kappa shape index (κ3) is 3.48. The fourth-order valence-corrected chi connectivity index (χ4v) is 3.81. The number of halogens is 2. The fraction of sp³-hybridized carbons (Fsp3) is 0.238. The van der Waals surface area contributed by atoms with E-state index in [1.807, 2.05) is 25.5 Å². The maximum atomic E-state index is 14.7. The summed E-state index contributed by atoms with van der Waals surface area (Å²) in [4.78, 5) is 15.7. The molecule has 4 aromatic rings. The van der Waals surface area contributed by atoms with Gasteiger partial charge < -0.3 is 9.64 Å². The molecule has 30 heavy (non-hydrogen) atoms. The molecule has 1 atom stereocenters. The fourth-order valence-electron chi connectivity index (χ4n) is 3.66. The van der Waals surface area contributed by atoms with E-state index in [9.17, 15) is 4.39 Å². The van der Waals surface area contributed by atoms with Gasteiger partial charge in [0.1, 0.15) is 28.9 Å². The van der Waals surface area contributed by atoms with Crippen LogP contribution >= 0.6 is 11.6 Å². The number of rotatable bonds is 3. The molecule has 0 saturated carbocycles. The molecule has 0 unspecified atom stereocenters. The lowest BCUT2D eigenvalue weighted by atomic mass is 10.1. The van der Waals surface area contributed by atoms with Gasteiger partial charge in [-0.2, -0.15) is 5.10 Å². The molecule has 1 aromatic carbocycles. The molecule has 0 N–H and O–H groups in total. The van der Waals surface area contributed by atoms with Crippen molar-refractivity contribution in [3.05, 3.63) is 65.5 Å². The molecule has 0 radical (unpaired) electrons. The zero-order chi connectivity index (χ0) is 20.7. The van der Waals surface area contributed by atoms with Crippen LogP contribution in [0.15, 0.2) is 49.1 Å². The predicted octanol–water partition coefficient (Wildman–Crippen LogP) is 3.80. The molecular formula is C21H18ClFN6O. The zero-order valence-corrected chi connectivity index (χ0v) is 16.9. The first kappa shape index (κ1) is 18.9. The molecule has 4 heterocycles. The van der Waals surface area contributed by atoms with Gasteiger partial charge in [-0.25, -0.2) is 9.37 Å². The van der Waals surface area contributed by atoms with Crippen LogP contribution in [0.1, 0.15) is 11.7 Å². The lowest BCUT2D eigenvalue weighted by Gasteiger charge is -2.33. The minimum absolute atomic E-state index is 0.123. The van der Waals surface area contributed by atoms with Crippen molar-refractivity contribution in [2.45, 2.75) is 6.10 Å². The average molecular weight is 425 g/mol. The van der Waals surface area contributed by atoms with Crippen molar-refractivity contribution in [2.75, 3.05) is 24.6 Å². The Bertz CT molecular complexity index is 1230. The van der Waals surface area contributed by atoms with Crippen LogP contribution < -0.4 is 4.90 Å². The van der Waals surface area contributed by atoms with Crippen LogP contribution in [0.3, 0.4) is 0 Å². The van der Waals surface area contributed by atoms with E-state index in [4.69, 9.17) is 21.3 Å².